The molecule has 0 spiro atoms. The summed E-state index contributed by atoms with van der Waals surface area (Å²) in [5.41, 5.74) is 5.50. The molecule has 0 saturated heterocycles. The van der Waals surface area contributed by atoms with E-state index in [9.17, 15) is 9.59 Å². The third-order valence-corrected chi connectivity index (χ3v) is 1.47. The first-order valence-electron chi connectivity index (χ1n) is 3.77. The molecule has 0 bridgehead atoms. The number of carbonyl (C=O) groups excluding carboxylic acids is 1. The van der Waals surface area contributed by atoms with Crippen LogP contribution in [0.4, 0.5) is 11.5 Å². The average Bonchev–Trinajstić information content (AvgIpc) is 2.07. The number of nitrogen functional groups attached to an aromatic ring is 1. The Balaban J connectivity index is 3.06. The second-order valence-electron chi connectivity index (χ2n) is 2.64. The SMILES string of the molecule is CC(=O)Nc1cnc(N)c(C(=O)O)c1. The number of amides is 1. The number of anilines is 2. The predicted molar refractivity (Wildman–Crippen MR) is 49.9 cm³/mol. The number of rotatable bonds is 2. The molecule has 74 valence electrons. The maximum atomic E-state index is 10.7. The molecule has 0 aliphatic rings. The van der Waals surface area contributed by atoms with Crippen molar-refractivity contribution in [3.63, 3.8) is 0 Å². The number of pyridine rings is 1. The lowest BCUT2D eigenvalue weighted by Crippen LogP contribution is -2.10. The molecular formula is C8H9N3O3. The Morgan fingerprint density at radius 1 is 1.57 bits per heavy atom. The van der Waals surface area contributed by atoms with Gasteiger partial charge in [-0.05, 0) is 6.07 Å². The highest BCUT2D eigenvalue weighted by Crippen LogP contribution is 2.14. The van der Waals surface area contributed by atoms with Crippen LogP contribution < -0.4 is 11.1 Å². The Labute approximate surface area is 79.8 Å². The topological polar surface area (TPSA) is 105 Å². The fourth-order valence-electron chi connectivity index (χ4n) is 0.918. The van der Waals surface area contributed by atoms with Gasteiger partial charge in [0.15, 0.2) is 0 Å². The maximum absolute atomic E-state index is 10.7. The van der Waals surface area contributed by atoms with Gasteiger partial charge in [-0.2, -0.15) is 0 Å². The highest BCUT2D eigenvalue weighted by atomic mass is 16.4. The van der Waals surface area contributed by atoms with E-state index < -0.39 is 5.97 Å². The number of nitrogens with one attached hydrogen (secondary N) is 1. The van der Waals surface area contributed by atoms with E-state index in [-0.39, 0.29) is 17.3 Å². The fourth-order valence-corrected chi connectivity index (χ4v) is 0.918. The zero-order valence-corrected chi connectivity index (χ0v) is 7.44. The number of aromatic carboxylic acids is 1. The molecule has 0 atom stereocenters. The number of carbonyl (C=O) groups is 2. The minimum Gasteiger partial charge on any atom is -0.478 e. The normalized spacial score (nSPS) is 9.50. The molecule has 1 aromatic rings. The highest BCUT2D eigenvalue weighted by Gasteiger charge is 2.10. The first-order valence-corrected chi connectivity index (χ1v) is 3.77. The molecule has 6 nitrogen and oxygen atoms in total. The van der Waals surface area contributed by atoms with E-state index in [1.807, 2.05) is 0 Å². The number of nitrogens with zero attached hydrogens (tertiary/aromatic N) is 1. The Bertz CT molecular complexity index is 389. The second-order valence-corrected chi connectivity index (χ2v) is 2.64. The summed E-state index contributed by atoms with van der Waals surface area (Å²) in [5, 5.41) is 11.1. The first-order chi connectivity index (χ1) is 6.50. The molecule has 6 heteroatoms. The third-order valence-electron chi connectivity index (χ3n) is 1.47. The van der Waals surface area contributed by atoms with E-state index in [1.54, 1.807) is 0 Å². The van der Waals surface area contributed by atoms with Gasteiger partial charge < -0.3 is 16.2 Å². The average molecular weight is 195 g/mol. The van der Waals surface area contributed by atoms with Crippen LogP contribution >= 0.6 is 0 Å². The summed E-state index contributed by atoms with van der Waals surface area (Å²) < 4.78 is 0. The molecule has 1 heterocycles. The molecule has 0 saturated carbocycles. The van der Waals surface area contributed by atoms with Crippen LogP contribution in [0.3, 0.4) is 0 Å². The quantitative estimate of drug-likeness (QED) is 0.630. The largest absolute Gasteiger partial charge is 0.478 e. The Hall–Kier alpha value is -2.11. The third kappa shape index (κ3) is 2.19. The summed E-state index contributed by atoms with van der Waals surface area (Å²) in [6.07, 6.45) is 1.29. The van der Waals surface area contributed by atoms with Crippen molar-refractivity contribution in [3.8, 4) is 0 Å². The minimum atomic E-state index is -1.18. The Morgan fingerprint density at radius 3 is 2.71 bits per heavy atom. The van der Waals surface area contributed by atoms with Crippen molar-refractivity contribution in [1.82, 2.24) is 4.98 Å². The molecule has 0 aliphatic heterocycles. The standard InChI is InChI=1S/C8H9N3O3/c1-4(12)11-5-2-6(8(13)14)7(9)10-3-5/h2-3H,1H3,(H2,9,10)(H,11,12)(H,13,14). The van der Waals surface area contributed by atoms with Gasteiger partial charge in [-0.15, -0.1) is 0 Å². The van der Waals surface area contributed by atoms with E-state index >= 15 is 0 Å². The Morgan fingerprint density at radius 2 is 2.21 bits per heavy atom. The van der Waals surface area contributed by atoms with Gasteiger partial charge in [0.25, 0.3) is 0 Å². The number of carboxylic acids is 1. The van der Waals surface area contributed by atoms with Crippen LogP contribution in [-0.2, 0) is 4.79 Å². The van der Waals surface area contributed by atoms with E-state index in [2.05, 4.69) is 10.3 Å². The van der Waals surface area contributed by atoms with Crippen LogP contribution in [0.15, 0.2) is 12.3 Å². The molecule has 0 aromatic carbocycles. The van der Waals surface area contributed by atoms with E-state index in [4.69, 9.17) is 10.8 Å². The molecule has 0 unspecified atom stereocenters. The summed E-state index contributed by atoms with van der Waals surface area (Å²) in [4.78, 5) is 24.9. The Kier molecular flexibility index (Phi) is 2.66. The van der Waals surface area contributed by atoms with Crippen LogP contribution in [0.1, 0.15) is 17.3 Å². The molecule has 1 aromatic heterocycles. The van der Waals surface area contributed by atoms with Gasteiger partial charge in [0.05, 0.1) is 11.9 Å². The van der Waals surface area contributed by atoms with Gasteiger partial charge in [0.2, 0.25) is 5.91 Å². The molecule has 0 fully saturated rings. The lowest BCUT2D eigenvalue weighted by molar-refractivity contribution is -0.114. The molecular weight excluding hydrogens is 186 g/mol. The fraction of sp³-hybridized carbons (Fsp3) is 0.125. The molecule has 14 heavy (non-hydrogen) atoms. The van der Waals surface area contributed by atoms with E-state index in [0.29, 0.717) is 5.69 Å². The summed E-state index contributed by atoms with van der Waals surface area (Å²) in [6.45, 7) is 1.32. The number of aromatic nitrogens is 1. The molecule has 4 N–H and O–H groups in total. The molecule has 1 amide bonds. The highest BCUT2D eigenvalue weighted by molar-refractivity contribution is 5.95. The maximum Gasteiger partial charge on any atom is 0.339 e. The number of nitrogens with two attached hydrogens (primary N) is 1. The monoisotopic (exact) mass is 195 g/mol. The predicted octanol–water partition coefficient (Wildman–Crippen LogP) is 0.320. The summed E-state index contributed by atoms with van der Waals surface area (Å²) in [7, 11) is 0. The zero-order valence-electron chi connectivity index (χ0n) is 7.44. The van der Waals surface area contributed by atoms with Gasteiger partial charge in [-0.3, -0.25) is 4.79 Å². The summed E-state index contributed by atoms with van der Waals surface area (Å²) in [6, 6.07) is 1.26. The van der Waals surface area contributed by atoms with Gasteiger partial charge >= 0.3 is 5.97 Å². The second kappa shape index (κ2) is 3.73. The van der Waals surface area contributed by atoms with Crippen LogP contribution in [0.5, 0.6) is 0 Å². The smallest absolute Gasteiger partial charge is 0.339 e. The van der Waals surface area contributed by atoms with Crippen LogP contribution in [0.25, 0.3) is 0 Å². The number of carboxylic acid groups (broad SMARTS) is 1. The van der Waals surface area contributed by atoms with Crippen LogP contribution in [0, 0.1) is 0 Å². The van der Waals surface area contributed by atoms with E-state index in [1.165, 1.54) is 19.2 Å². The van der Waals surface area contributed by atoms with Gasteiger partial charge in [-0.25, -0.2) is 9.78 Å². The van der Waals surface area contributed by atoms with Gasteiger partial charge in [0, 0.05) is 6.92 Å². The first kappa shape index (κ1) is 9.97. The van der Waals surface area contributed by atoms with Crippen molar-refractivity contribution < 1.29 is 14.7 Å². The van der Waals surface area contributed by atoms with Crippen molar-refractivity contribution in [2.24, 2.45) is 0 Å². The minimum absolute atomic E-state index is 0.0772. The van der Waals surface area contributed by atoms with Crippen molar-refractivity contribution in [2.45, 2.75) is 6.92 Å². The molecule has 1 rings (SSSR count). The van der Waals surface area contributed by atoms with Crippen molar-refractivity contribution in [3.05, 3.63) is 17.8 Å². The summed E-state index contributed by atoms with van der Waals surface area (Å²) in [5.74, 6) is -1.55. The van der Waals surface area contributed by atoms with Crippen molar-refractivity contribution in [1.29, 1.82) is 0 Å². The van der Waals surface area contributed by atoms with Crippen molar-refractivity contribution >= 4 is 23.4 Å². The van der Waals surface area contributed by atoms with E-state index in [0.717, 1.165) is 0 Å². The number of hydrogen-bond donors (Lipinski definition) is 3. The van der Waals surface area contributed by atoms with Crippen LogP contribution in [0.2, 0.25) is 0 Å². The lowest BCUT2D eigenvalue weighted by atomic mass is 10.2. The molecule has 0 aliphatic carbocycles. The van der Waals surface area contributed by atoms with Gasteiger partial charge in [-0.1, -0.05) is 0 Å². The zero-order chi connectivity index (χ0) is 10.7. The number of hydrogen-bond acceptors (Lipinski definition) is 4. The lowest BCUT2D eigenvalue weighted by Gasteiger charge is -2.04. The molecule has 0 radical (unpaired) electrons. The summed E-state index contributed by atoms with van der Waals surface area (Å²) >= 11 is 0. The van der Waals surface area contributed by atoms with Crippen molar-refractivity contribution in [2.75, 3.05) is 11.1 Å². The van der Waals surface area contributed by atoms with Gasteiger partial charge in [0.1, 0.15) is 11.4 Å². The van der Waals surface area contributed by atoms with Crippen LogP contribution in [-0.4, -0.2) is 22.0 Å².